The lowest BCUT2D eigenvalue weighted by Crippen LogP contribution is -2.41. The van der Waals surface area contributed by atoms with E-state index in [1.54, 1.807) is 0 Å². The molecular formula is C10H10ClN3O4. The summed E-state index contributed by atoms with van der Waals surface area (Å²) < 4.78 is 0. The van der Waals surface area contributed by atoms with Crippen LogP contribution in [0.25, 0.3) is 0 Å². The number of carbonyl (C=O) groups excluding carboxylic acids is 2. The number of primary amides is 1. The number of nitrogens with two attached hydrogens (primary N) is 1. The summed E-state index contributed by atoms with van der Waals surface area (Å²) in [4.78, 5) is 37.8. The second kappa shape index (κ2) is 5.97. The monoisotopic (exact) mass is 271 g/mol. The largest absolute Gasteiger partial charge is 0.480 e. The normalized spacial score (nSPS) is 9.83. The Balaban J connectivity index is 2.94. The highest BCUT2D eigenvalue weighted by molar-refractivity contribution is 6.30. The van der Waals surface area contributed by atoms with E-state index in [0.717, 1.165) is 4.90 Å². The van der Waals surface area contributed by atoms with Crippen LogP contribution in [0.2, 0.25) is 5.02 Å². The topological polar surface area (TPSA) is 114 Å². The average molecular weight is 272 g/mol. The van der Waals surface area contributed by atoms with Gasteiger partial charge in [0.15, 0.2) is 0 Å². The van der Waals surface area contributed by atoms with Crippen molar-refractivity contribution >= 4 is 29.4 Å². The number of aromatic nitrogens is 1. The molecule has 0 aliphatic rings. The van der Waals surface area contributed by atoms with Crippen molar-refractivity contribution in [2.45, 2.75) is 0 Å². The highest BCUT2D eigenvalue weighted by Crippen LogP contribution is 2.10. The van der Waals surface area contributed by atoms with Crippen LogP contribution in [-0.4, -0.2) is 45.9 Å². The molecular weight excluding hydrogens is 262 g/mol. The van der Waals surface area contributed by atoms with Crippen LogP contribution < -0.4 is 5.73 Å². The molecule has 0 aliphatic carbocycles. The number of rotatable bonds is 5. The smallest absolute Gasteiger partial charge is 0.323 e. The van der Waals surface area contributed by atoms with Crippen molar-refractivity contribution in [1.29, 1.82) is 0 Å². The first kappa shape index (κ1) is 13.9. The number of aliphatic carboxylic acids is 1. The number of amides is 2. The summed E-state index contributed by atoms with van der Waals surface area (Å²) in [6, 6.07) is 2.74. The van der Waals surface area contributed by atoms with E-state index in [1.807, 2.05) is 0 Å². The fraction of sp³-hybridized carbons (Fsp3) is 0.200. The van der Waals surface area contributed by atoms with Crippen molar-refractivity contribution in [3.63, 3.8) is 0 Å². The summed E-state index contributed by atoms with van der Waals surface area (Å²) in [7, 11) is 0. The van der Waals surface area contributed by atoms with Gasteiger partial charge in [-0.2, -0.15) is 0 Å². The summed E-state index contributed by atoms with van der Waals surface area (Å²) in [5, 5.41) is 8.93. The second-order valence-electron chi connectivity index (χ2n) is 3.38. The Morgan fingerprint density at radius 3 is 2.56 bits per heavy atom. The molecule has 0 radical (unpaired) electrons. The van der Waals surface area contributed by atoms with Crippen molar-refractivity contribution in [1.82, 2.24) is 9.88 Å². The van der Waals surface area contributed by atoms with Gasteiger partial charge in [0, 0.05) is 11.2 Å². The Hall–Kier alpha value is -2.15. The molecule has 0 atom stereocenters. The molecule has 8 heteroatoms. The first-order chi connectivity index (χ1) is 8.40. The van der Waals surface area contributed by atoms with Crippen LogP contribution in [0.4, 0.5) is 0 Å². The Morgan fingerprint density at radius 1 is 1.39 bits per heavy atom. The van der Waals surface area contributed by atoms with Crippen LogP contribution in [-0.2, 0) is 9.59 Å². The van der Waals surface area contributed by atoms with Crippen LogP contribution in [0.15, 0.2) is 18.3 Å². The van der Waals surface area contributed by atoms with Crippen molar-refractivity contribution in [3.05, 3.63) is 29.0 Å². The van der Waals surface area contributed by atoms with Gasteiger partial charge in [-0.15, -0.1) is 0 Å². The standard InChI is InChI=1S/C10H10ClN3O4/c11-6-1-2-13-7(3-6)10(18)14(4-8(12)15)5-9(16)17/h1-3H,4-5H2,(H2,12,15)(H,16,17). The molecule has 1 rings (SSSR count). The molecule has 0 aliphatic heterocycles. The van der Waals surface area contributed by atoms with Gasteiger partial charge in [-0.05, 0) is 12.1 Å². The summed E-state index contributed by atoms with van der Waals surface area (Å²) in [6.07, 6.45) is 1.30. The SMILES string of the molecule is NC(=O)CN(CC(=O)O)C(=O)c1cc(Cl)ccn1. The molecule has 0 saturated heterocycles. The summed E-state index contributed by atoms with van der Waals surface area (Å²) in [6.45, 7) is -1.14. The minimum atomic E-state index is -1.26. The lowest BCUT2D eigenvalue weighted by molar-refractivity contribution is -0.138. The third-order valence-electron chi connectivity index (χ3n) is 1.90. The number of hydrogen-bond donors (Lipinski definition) is 2. The molecule has 18 heavy (non-hydrogen) atoms. The fourth-order valence-corrected chi connectivity index (χ4v) is 1.39. The van der Waals surface area contributed by atoms with Crippen molar-refractivity contribution in [2.75, 3.05) is 13.1 Å². The quantitative estimate of drug-likeness (QED) is 0.766. The Bertz CT molecular complexity index is 476. The van der Waals surface area contributed by atoms with Crippen molar-refractivity contribution in [3.8, 4) is 0 Å². The number of carboxylic acid groups (broad SMARTS) is 1. The van der Waals surface area contributed by atoms with Crippen LogP contribution in [0.1, 0.15) is 10.5 Å². The van der Waals surface area contributed by atoms with E-state index in [2.05, 4.69) is 4.98 Å². The van der Waals surface area contributed by atoms with Gasteiger partial charge in [0.2, 0.25) is 5.91 Å². The van der Waals surface area contributed by atoms with Gasteiger partial charge in [-0.3, -0.25) is 19.4 Å². The predicted molar refractivity (Wildman–Crippen MR) is 62.0 cm³/mol. The van der Waals surface area contributed by atoms with Crippen molar-refractivity contribution < 1.29 is 19.5 Å². The molecule has 0 aromatic carbocycles. The number of carboxylic acids is 1. The fourth-order valence-electron chi connectivity index (χ4n) is 1.23. The van der Waals surface area contributed by atoms with E-state index in [4.69, 9.17) is 22.4 Å². The highest BCUT2D eigenvalue weighted by atomic mass is 35.5. The molecule has 0 bridgehead atoms. The minimum Gasteiger partial charge on any atom is -0.480 e. The Morgan fingerprint density at radius 2 is 2.06 bits per heavy atom. The number of pyridine rings is 1. The third-order valence-corrected chi connectivity index (χ3v) is 2.14. The van der Waals surface area contributed by atoms with Gasteiger partial charge in [-0.25, -0.2) is 0 Å². The third kappa shape index (κ3) is 4.02. The van der Waals surface area contributed by atoms with E-state index in [0.29, 0.717) is 0 Å². The van der Waals surface area contributed by atoms with E-state index in [1.165, 1.54) is 18.3 Å². The van der Waals surface area contributed by atoms with E-state index in [-0.39, 0.29) is 10.7 Å². The predicted octanol–water partition coefficient (Wildman–Crippen LogP) is -0.253. The zero-order valence-electron chi connectivity index (χ0n) is 9.17. The Labute approximate surface area is 107 Å². The molecule has 2 amide bonds. The molecule has 3 N–H and O–H groups in total. The van der Waals surface area contributed by atoms with Crippen molar-refractivity contribution in [2.24, 2.45) is 5.73 Å². The van der Waals surface area contributed by atoms with Crippen LogP contribution in [0.3, 0.4) is 0 Å². The number of carbonyl (C=O) groups is 3. The lowest BCUT2D eigenvalue weighted by Gasteiger charge is -2.18. The zero-order chi connectivity index (χ0) is 13.7. The van der Waals surface area contributed by atoms with Gasteiger partial charge >= 0.3 is 5.97 Å². The molecule has 1 aromatic rings. The first-order valence-electron chi connectivity index (χ1n) is 4.81. The molecule has 96 valence electrons. The molecule has 7 nitrogen and oxygen atoms in total. The van der Waals surface area contributed by atoms with Gasteiger partial charge in [0.05, 0.1) is 0 Å². The van der Waals surface area contributed by atoms with E-state index in [9.17, 15) is 14.4 Å². The molecule has 0 saturated carbocycles. The van der Waals surface area contributed by atoms with Crippen LogP contribution in [0.5, 0.6) is 0 Å². The second-order valence-corrected chi connectivity index (χ2v) is 3.82. The van der Waals surface area contributed by atoms with E-state index >= 15 is 0 Å². The Kier molecular flexibility index (Phi) is 4.61. The lowest BCUT2D eigenvalue weighted by atomic mass is 10.3. The average Bonchev–Trinajstić information content (AvgIpc) is 2.26. The number of hydrogen-bond acceptors (Lipinski definition) is 4. The molecule has 1 heterocycles. The molecule has 0 fully saturated rings. The number of halogens is 1. The van der Waals surface area contributed by atoms with Gasteiger partial charge in [0.25, 0.3) is 5.91 Å². The molecule has 1 aromatic heterocycles. The number of nitrogens with zero attached hydrogens (tertiary/aromatic N) is 2. The first-order valence-corrected chi connectivity index (χ1v) is 5.19. The van der Waals surface area contributed by atoms with Crippen LogP contribution >= 0.6 is 11.6 Å². The van der Waals surface area contributed by atoms with Gasteiger partial charge < -0.3 is 15.7 Å². The summed E-state index contributed by atoms with van der Waals surface area (Å²) in [5.74, 6) is -2.79. The highest BCUT2D eigenvalue weighted by Gasteiger charge is 2.21. The van der Waals surface area contributed by atoms with Gasteiger partial charge in [0.1, 0.15) is 18.8 Å². The van der Waals surface area contributed by atoms with E-state index < -0.39 is 30.9 Å². The summed E-state index contributed by atoms with van der Waals surface area (Å²) >= 11 is 5.69. The van der Waals surface area contributed by atoms with Gasteiger partial charge in [-0.1, -0.05) is 11.6 Å². The molecule has 0 unspecified atom stereocenters. The molecule has 0 spiro atoms. The maximum atomic E-state index is 11.9. The summed E-state index contributed by atoms with van der Waals surface area (Å²) in [5.41, 5.74) is 4.89. The maximum Gasteiger partial charge on any atom is 0.323 e. The van der Waals surface area contributed by atoms with Crippen LogP contribution in [0, 0.1) is 0 Å². The zero-order valence-corrected chi connectivity index (χ0v) is 9.92. The minimum absolute atomic E-state index is 0.0509. The maximum absolute atomic E-state index is 11.9.